The van der Waals surface area contributed by atoms with Crippen molar-refractivity contribution in [2.45, 2.75) is 4.90 Å². The zero-order chi connectivity index (χ0) is 18.8. The molecule has 1 fully saturated rings. The third-order valence-corrected chi connectivity index (χ3v) is 6.59. The molecular weight excluding hydrogens is 400 g/mol. The summed E-state index contributed by atoms with van der Waals surface area (Å²) in [5.41, 5.74) is 1.79. The first-order valence-electron chi connectivity index (χ1n) is 8.64. The Balaban J connectivity index is 1.41. The predicted molar refractivity (Wildman–Crippen MR) is 116 cm³/mol. The minimum absolute atomic E-state index is 0.0918. The molecule has 2 amide bonds. The number of thioether (sulfide) groups is 1. The van der Waals surface area contributed by atoms with Gasteiger partial charge in [-0.15, -0.1) is 11.8 Å². The maximum absolute atomic E-state index is 12.5. The lowest BCUT2D eigenvalue weighted by molar-refractivity contribution is 0.208. The van der Waals surface area contributed by atoms with E-state index in [4.69, 9.17) is 16.6 Å². The smallest absolute Gasteiger partial charge is 0.321 e. The Morgan fingerprint density at radius 3 is 2.70 bits per heavy atom. The molecule has 1 N–H and O–H groups in total. The van der Waals surface area contributed by atoms with E-state index >= 15 is 0 Å². The summed E-state index contributed by atoms with van der Waals surface area (Å²) in [5.74, 6) is 0. The minimum Gasteiger partial charge on any atom is -0.345 e. The highest BCUT2D eigenvalue weighted by molar-refractivity contribution is 7.98. The first kappa shape index (κ1) is 18.4. The molecule has 0 radical (unpaired) electrons. The molecule has 0 spiro atoms. The Morgan fingerprint density at radius 1 is 1.19 bits per heavy atom. The van der Waals surface area contributed by atoms with E-state index in [1.165, 1.54) is 9.60 Å². The van der Waals surface area contributed by atoms with Gasteiger partial charge in [0.1, 0.15) is 0 Å². The quantitative estimate of drug-likeness (QED) is 0.606. The number of hydrogen-bond acceptors (Lipinski definition) is 5. The summed E-state index contributed by atoms with van der Waals surface area (Å²) >= 11 is 9.41. The summed E-state index contributed by atoms with van der Waals surface area (Å²) in [6.45, 7) is 2.88. The Bertz CT molecular complexity index is 969. The van der Waals surface area contributed by atoms with Crippen LogP contribution in [0.1, 0.15) is 0 Å². The van der Waals surface area contributed by atoms with E-state index in [1.807, 2.05) is 17.0 Å². The average Bonchev–Trinajstić information content (AvgIpc) is 3.12. The molecule has 0 unspecified atom stereocenters. The summed E-state index contributed by atoms with van der Waals surface area (Å²) in [6, 6.07) is 13.4. The highest BCUT2D eigenvalue weighted by atomic mass is 35.5. The van der Waals surface area contributed by atoms with E-state index in [0.29, 0.717) is 23.8 Å². The summed E-state index contributed by atoms with van der Waals surface area (Å²) in [5, 5.41) is 4.55. The Hall–Kier alpha value is -1.96. The second kappa shape index (κ2) is 7.96. The van der Waals surface area contributed by atoms with Crippen molar-refractivity contribution in [3.63, 3.8) is 0 Å². The van der Waals surface area contributed by atoms with E-state index in [9.17, 15) is 4.79 Å². The first-order valence-corrected chi connectivity index (χ1v) is 11.1. The number of thiazole rings is 1. The van der Waals surface area contributed by atoms with Crippen LogP contribution in [0.5, 0.6) is 0 Å². The van der Waals surface area contributed by atoms with Crippen molar-refractivity contribution < 1.29 is 4.79 Å². The number of hydrogen-bond donors (Lipinski definition) is 1. The molecule has 4 rings (SSSR count). The van der Waals surface area contributed by atoms with Crippen LogP contribution in [0.4, 0.5) is 15.6 Å². The molecule has 3 aromatic rings. The summed E-state index contributed by atoms with van der Waals surface area (Å²) in [7, 11) is 0. The molecule has 27 heavy (non-hydrogen) atoms. The SMILES string of the molecule is CSc1cccc2sc(N3CCN(C(=O)Nc4cccc(Cl)c4)CC3)nc12. The number of para-hydroxylation sites is 1. The summed E-state index contributed by atoms with van der Waals surface area (Å²) in [4.78, 5) is 22.6. The van der Waals surface area contributed by atoms with E-state index in [2.05, 4.69) is 34.7 Å². The third kappa shape index (κ3) is 4.00. The molecule has 1 aromatic heterocycles. The van der Waals surface area contributed by atoms with Gasteiger partial charge in [0.15, 0.2) is 5.13 Å². The van der Waals surface area contributed by atoms with Gasteiger partial charge in [-0.2, -0.15) is 0 Å². The number of rotatable bonds is 3. The van der Waals surface area contributed by atoms with Crippen molar-refractivity contribution in [1.82, 2.24) is 9.88 Å². The summed E-state index contributed by atoms with van der Waals surface area (Å²) < 4.78 is 1.21. The van der Waals surface area contributed by atoms with Crippen LogP contribution in [0.3, 0.4) is 0 Å². The van der Waals surface area contributed by atoms with Crippen LogP contribution in [-0.4, -0.2) is 48.3 Å². The van der Waals surface area contributed by atoms with Crippen molar-refractivity contribution in [1.29, 1.82) is 0 Å². The van der Waals surface area contributed by atoms with Gasteiger partial charge in [-0.1, -0.05) is 35.1 Å². The second-order valence-corrected chi connectivity index (χ2v) is 8.51. The van der Waals surface area contributed by atoms with Gasteiger partial charge in [-0.05, 0) is 36.6 Å². The van der Waals surface area contributed by atoms with Crippen LogP contribution < -0.4 is 10.2 Å². The predicted octanol–water partition coefficient (Wildman–Crippen LogP) is 5.03. The standard InChI is InChI=1S/C19H19ClN4OS2/c1-26-15-6-3-7-16-17(15)22-19(27-16)24-10-8-23(9-11-24)18(25)21-14-5-2-4-13(20)12-14/h2-7,12H,8-11H2,1H3,(H,21,25). The van der Waals surface area contributed by atoms with E-state index in [1.54, 1.807) is 35.2 Å². The van der Waals surface area contributed by atoms with E-state index in [-0.39, 0.29) is 6.03 Å². The highest BCUT2D eigenvalue weighted by Gasteiger charge is 2.23. The Kier molecular flexibility index (Phi) is 5.43. The summed E-state index contributed by atoms with van der Waals surface area (Å²) in [6.07, 6.45) is 2.07. The second-order valence-electron chi connectivity index (χ2n) is 6.22. The van der Waals surface area contributed by atoms with Crippen molar-refractivity contribution >= 4 is 61.8 Å². The highest BCUT2D eigenvalue weighted by Crippen LogP contribution is 2.34. The van der Waals surface area contributed by atoms with Gasteiger partial charge in [0.05, 0.1) is 10.2 Å². The molecule has 2 aromatic carbocycles. The molecule has 0 saturated carbocycles. The number of fused-ring (bicyclic) bond motifs is 1. The van der Waals surface area contributed by atoms with Crippen LogP contribution in [0.2, 0.25) is 5.02 Å². The fourth-order valence-corrected chi connectivity index (χ4v) is 4.94. The van der Waals surface area contributed by atoms with Gasteiger partial charge in [0, 0.05) is 41.8 Å². The van der Waals surface area contributed by atoms with Gasteiger partial charge in [0.2, 0.25) is 0 Å². The van der Waals surface area contributed by atoms with Gasteiger partial charge in [0.25, 0.3) is 0 Å². The van der Waals surface area contributed by atoms with Crippen molar-refractivity contribution in [3.8, 4) is 0 Å². The van der Waals surface area contributed by atoms with Gasteiger partial charge in [-0.25, -0.2) is 9.78 Å². The molecule has 0 aliphatic carbocycles. The average molecular weight is 419 g/mol. The number of carbonyl (C=O) groups excluding carboxylic acids is 1. The molecule has 5 nitrogen and oxygen atoms in total. The molecule has 2 heterocycles. The number of benzene rings is 2. The number of piperazine rings is 1. The minimum atomic E-state index is -0.0918. The van der Waals surface area contributed by atoms with E-state index in [0.717, 1.165) is 23.7 Å². The number of amides is 2. The Morgan fingerprint density at radius 2 is 1.96 bits per heavy atom. The van der Waals surface area contributed by atoms with Crippen molar-refractivity contribution in [2.24, 2.45) is 0 Å². The number of nitrogens with zero attached hydrogens (tertiary/aromatic N) is 3. The van der Waals surface area contributed by atoms with Crippen LogP contribution in [0, 0.1) is 0 Å². The third-order valence-electron chi connectivity index (χ3n) is 4.50. The number of anilines is 2. The van der Waals surface area contributed by atoms with Crippen LogP contribution in [0.15, 0.2) is 47.4 Å². The lowest BCUT2D eigenvalue weighted by Gasteiger charge is -2.34. The monoisotopic (exact) mass is 418 g/mol. The van der Waals surface area contributed by atoms with Gasteiger partial charge >= 0.3 is 6.03 Å². The molecule has 1 saturated heterocycles. The number of halogens is 1. The van der Waals surface area contributed by atoms with Crippen molar-refractivity contribution in [3.05, 3.63) is 47.5 Å². The molecule has 1 aliphatic rings. The zero-order valence-electron chi connectivity index (χ0n) is 14.8. The normalized spacial score (nSPS) is 14.6. The van der Waals surface area contributed by atoms with Crippen LogP contribution in [0.25, 0.3) is 10.2 Å². The van der Waals surface area contributed by atoms with Crippen LogP contribution >= 0.6 is 34.7 Å². The van der Waals surface area contributed by atoms with Gasteiger partial charge in [-0.3, -0.25) is 0 Å². The maximum atomic E-state index is 12.5. The molecule has 0 bridgehead atoms. The Labute approximate surface area is 171 Å². The maximum Gasteiger partial charge on any atom is 0.321 e. The molecule has 1 aliphatic heterocycles. The van der Waals surface area contributed by atoms with E-state index < -0.39 is 0 Å². The molecular formula is C19H19ClN4OS2. The molecule has 140 valence electrons. The zero-order valence-corrected chi connectivity index (χ0v) is 17.2. The number of nitrogens with one attached hydrogen (secondary N) is 1. The largest absolute Gasteiger partial charge is 0.345 e. The number of carbonyl (C=O) groups is 1. The van der Waals surface area contributed by atoms with Crippen molar-refractivity contribution in [2.75, 3.05) is 42.7 Å². The molecule has 8 heteroatoms. The lowest BCUT2D eigenvalue weighted by Crippen LogP contribution is -2.50. The van der Waals surface area contributed by atoms with Crippen LogP contribution in [-0.2, 0) is 0 Å². The molecule has 0 atom stereocenters. The topological polar surface area (TPSA) is 48.5 Å². The fourth-order valence-electron chi connectivity index (χ4n) is 3.08. The number of aromatic nitrogens is 1. The van der Waals surface area contributed by atoms with Gasteiger partial charge < -0.3 is 15.1 Å². The fraction of sp³-hybridized carbons (Fsp3) is 0.263. The number of urea groups is 1. The first-order chi connectivity index (χ1) is 13.1. The lowest BCUT2D eigenvalue weighted by atomic mass is 10.3.